The molecule has 1 heteroatoms. The Morgan fingerprint density at radius 1 is 1.00 bits per heavy atom. The lowest BCUT2D eigenvalue weighted by molar-refractivity contribution is 0.176. The molecular weight excluding hydrogens is 290 g/mol. The van der Waals surface area contributed by atoms with Crippen molar-refractivity contribution in [2.24, 2.45) is 11.3 Å². The normalized spacial score (nSPS) is 17.0. The molecule has 0 radical (unpaired) electrons. The molecule has 0 aliphatic carbocycles. The lowest BCUT2D eigenvalue weighted by Gasteiger charge is -2.42. The third-order valence-corrected chi connectivity index (χ3v) is 6.00. The molecule has 1 heterocycles. The highest BCUT2D eigenvalue weighted by Gasteiger charge is 2.32. The van der Waals surface area contributed by atoms with Crippen molar-refractivity contribution in [1.29, 1.82) is 0 Å². The molecule has 0 atom stereocenters. The van der Waals surface area contributed by atoms with Gasteiger partial charge in [0.1, 0.15) is 0 Å². The number of nitrogens with zero attached hydrogens (tertiary/aromatic N) is 1. The summed E-state index contributed by atoms with van der Waals surface area (Å²) in [5.74, 6) is 0.947. The molecule has 0 saturated carbocycles. The molecule has 0 aromatic heterocycles. The van der Waals surface area contributed by atoms with E-state index in [2.05, 4.69) is 57.7 Å². The smallest absolute Gasteiger partial charge is 0.0369 e. The van der Waals surface area contributed by atoms with E-state index in [1.807, 2.05) is 0 Å². The van der Waals surface area contributed by atoms with Crippen LogP contribution in [0.3, 0.4) is 0 Å². The van der Waals surface area contributed by atoms with Crippen molar-refractivity contribution in [3.8, 4) is 0 Å². The Kier molecular flexibility index (Phi) is 8.33. The molecule has 1 aromatic rings. The summed E-state index contributed by atoms with van der Waals surface area (Å²) in [5.41, 5.74) is 4.80. The largest absolute Gasteiger partial charge is 0.371 e. The monoisotopic (exact) mass is 331 g/mol. The van der Waals surface area contributed by atoms with Gasteiger partial charge in [-0.05, 0) is 67.7 Å². The quantitative estimate of drug-likeness (QED) is 0.512. The average molecular weight is 332 g/mol. The Morgan fingerprint density at radius 2 is 1.58 bits per heavy atom. The van der Waals surface area contributed by atoms with E-state index in [1.165, 1.54) is 74.8 Å². The number of piperidine rings is 1. The maximum Gasteiger partial charge on any atom is 0.0369 e. The fourth-order valence-electron chi connectivity index (χ4n) is 4.29. The van der Waals surface area contributed by atoms with Gasteiger partial charge >= 0.3 is 0 Å². The van der Waals surface area contributed by atoms with Crippen LogP contribution in [0, 0.1) is 25.2 Å². The Bertz CT molecular complexity index is 477. The molecule has 1 aromatic carbocycles. The molecule has 1 aliphatic heterocycles. The lowest BCUT2D eigenvalue weighted by Crippen LogP contribution is -2.39. The second kappa shape index (κ2) is 9.49. The van der Waals surface area contributed by atoms with Crippen molar-refractivity contribution in [3.63, 3.8) is 0 Å². The van der Waals surface area contributed by atoms with Crippen LogP contribution in [0.25, 0.3) is 0 Å². The van der Waals surface area contributed by atoms with Gasteiger partial charge in [0.2, 0.25) is 0 Å². The molecule has 1 saturated heterocycles. The zero-order valence-corrected chi connectivity index (χ0v) is 16.1. The summed E-state index contributed by atoms with van der Waals surface area (Å²) >= 11 is 0. The fourth-order valence-corrected chi connectivity index (χ4v) is 4.29. The first-order chi connectivity index (χ1) is 11.0. The van der Waals surface area contributed by atoms with Crippen LogP contribution in [-0.4, -0.2) is 13.1 Å². The van der Waals surface area contributed by atoms with E-state index < -0.39 is 0 Å². The number of hydrogen-bond donors (Lipinski definition) is 0. The summed E-state index contributed by atoms with van der Waals surface area (Å²) in [7, 11) is 0. The van der Waals surface area contributed by atoms with Gasteiger partial charge in [-0.25, -0.2) is 0 Å². The van der Waals surface area contributed by atoms with E-state index in [1.54, 1.807) is 0 Å². The third-order valence-electron chi connectivity index (χ3n) is 6.00. The van der Waals surface area contributed by atoms with Gasteiger partial charge in [-0.3, -0.25) is 0 Å². The highest BCUT2D eigenvalue weighted by atomic mass is 15.1. The van der Waals surface area contributed by atoms with Gasteiger partial charge in [0.05, 0.1) is 0 Å². The fraction of sp³-hybridized carbons (Fsp3) is 0.739. The number of rotatable bonds is 7. The number of hydrogen-bond acceptors (Lipinski definition) is 1. The highest BCUT2D eigenvalue weighted by Crippen LogP contribution is 2.40. The van der Waals surface area contributed by atoms with Crippen LogP contribution in [0.4, 0.5) is 5.69 Å². The predicted octanol–water partition coefficient (Wildman–Crippen LogP) is 7.15. The number of benzene rings is 1. The summed E-state index contributed by atoms with van der Waals surface area (Å²) in [4.78, 5) is 2.60. The summed E-state index contributed by atoms with van der Waals surface area (Å²) in [6, 6.07) is 6.95. The zero-order valence-electron chi connectivity index (χ0n) is 16.1. The van der Waals surface area contributed by atoms with Gasteiger partial charge < -0.3 is 4.90 Å². The van der Waals surface area contributed by atoms with E-state index in [0.717, 1.165) is 5.92 Å². The van der Waals surface area contributed by atoms with Gasteiger partial charge in [-0.15, -0.1) is 0 Å². The SMILES string of the molecule is C.CCCC(CCC)CC1(C)CCN(c2ccc(C)c(C)c2)CC1. The van der Waals surface area contributed by atoms with Crippen molar-refractivity contribution in [3.05, 3.63) is 29.3 Å². The minimum atomic E-state index is 0. The van der Waals surface area contributed by atoms with E-state index >= 15 is 0 Å². The van der Waals surface area contributed by atoms with Gasteiger partial charge in [0, 0.05) is 18.8 Å². The standard InChI is InChI=1S/C22H37N.CH4/c1-6-8-20(9-7-2)17-22(5)12-14-23(15-13-22)21-11-10-18(3)19(4)16-21;/h10-11,16,20H,6-9,12-15,17H2,1-5H3;1H4. The lowest BCUT2D eigenvalue weighted by atomic mass is 9.72. The van der Waals surface area contributed by atoms with Crippen LogP contribution in [-0.2, 0) is 0 Å². The predicted molar refractivity (Wildman–Crippen MR) is 110 cm³/mol. The molecule has 24 heavy (non-hydrogen) atoms. The van der Waals surface area contributed by atoms with Crippen molar-refractivity contribution >= 4 is 5.69 Å². The van der Waals surface area contributed by atoms with Crippen LogP contribution < -0.4 is 4.90 Å². The molecule has 0 amide bonds. The number of aryl methyl sites for hydroxylation is 2. The second-order valence-electron chi connectivity index (χ2n) is 8.21. The van der Waals surface area contributed by atoms with Gasteiger partial charge in [0.15, 0.2) is 0 Å². The summed E-state index contributed by atoms with van der Waals surface area (Å²) < 4.78 is 0. The van der Waals surface area contributed by atoms with E-state index in [4.69, 9.17) is 0 Å². The van der Waals surface area contributed by atoms with Gasteiger partial charge in [-0.2, -0.15) is 0 Å². The molecule has 0 spiro atoms. The Hall–Kier alpha value is -0.980. The van der Waals surface area contributed by atoms with Crippen LogP contribution in [0.15, 0.2) is 18.2 Å². The Balaban J connectivity index is 0.00000288. The second-order valence-corrected chi connectivity index (χ2v) is 8.21. The third kappa shape index (κ3) is 5.53. The molecule has 1 fully saturated rings. The zero-order chi connectivity index (χ0) is 16.9. The molecule has 2 rings (SSSR count). The minimum absolute atomic E-state index is 0. The van der Waals surface area contributed by atoms with Crippen molar-refractivity contribution in [2.45, 2.75) is 87.0 Å². The summed E-state index contributed by atoms with van der Waals surface area (Å²) in [6.07, 6.45) is 9.67. The van der Waals surface area contributed by atoms with Crippen LogP contribution in [0.5, 0.6) is 0 Å². The molecule has 0 bridgehead atoms. The first-order valence-electron chi connectivity index (χ1n) is 9.79. The maximum absolute atomic E-state index is 2.60. The minimum Gasteiger partial charge on any atom is -0.371 e. The first-order valence-corrected chi connectivity index (χ1v) is 9.79. The van der Waals surface area contributed by atoms with Crippen molar-refractivity contribution < 1.29 is 0 Å². The molecule has 1 aliphatic rings. The van der Waals surface area contributed by atoms with E-state index in [0.29, 0.717) is 5.41 Å². The Labute approximate surface area is 151 Å². The molecular formula is C23H41N. The van der Waals surface area contributed by atoms with Crippen molar-refractivity contribution in [1.82, 2.24) is 0 Å². The van der Waals surface area contributed by atoms with Gasteiger partial charge in [0.25, 0.3) is 0 Å². The summed E-state index contributed by atoms with van der Waals surface area (Å²) in [6.45, 7) is 14.1. The van der Waals surface area contributed by atoms with Crippen molar-refractivity contribution in [2.75, 3.05) is 18.0 Å². The maximum atomic E-state index is 2.60. The first kappa shape index (κ1) is 21.1. The molecule has 138 valence electrons. The van der Waals surface area contributed by atoms with Crippen LogP contribution in [0.1, 0.15) is 84.3 Å². The average Bonchev–Trinajstić information content (AvgIpc) is 2.51. The van der Waals surface area contributed by atoms with Crippen LogP contribution in [0.2, 0.25) is 0 Å². The number of anilines is 1. The highest BCUT2D eigenvalue weighted by molar-refractivity contribution is 5.51. The summed E-state index contributed by atoms with van der Waals surface area (Å²) in [5, 5.41) is 0. The topological polar surface area (TPSA) is 3.24 Å². The molecule has 0 N–H and O–H groups in total. The van der Waals surface area contributed by atoms with E-state index in [9.17, 15) is 0 Å². The Morgan fingerprint density at radius 3 is 2.08 bits per heavy atom. The van der Waals surface area contributed by atoms with E-state index in [-0.39, 0.29) is 7.43 Å². The van der Waals surface area contributed by atoms with Gasteiger partial charge in [-0.1, -0.05) is 59.9 Å². The molecule has 1 nitrogen and oxygen atoms in total. The molecule has 0 unspecified atom stereocenters. The van der Waals surface area contributed by atoms with Crippen LogP contribution >= 0.6 is 0 Å².